The van der Waals surface area contributed by atoms with Crippen LogP contribution >= 0.6 is 0 Å². The third-order valence-electron chi connectivity index (χ3n) is 3.24. The molecule has 25 heavy (non-hydrogen) atoms. The van der Waals surface area contributed by atoms with Crippen molar-refractivity contribution in [2.45, 2.75) is 6.18 Å². The Morgan fingerprint density at radius 1 is 1.24 bits per heavy atom. The Bertz CT molecular complexity index is 911. The number of benzene rings is 1. The van der Waals surface area contributed by atoms with E-state index in [1.165, 1.54) is 6.07 Å². The van der Waals surface area contributed by atoms with E-state index in [2.05, 4.69) is 4.74 Å². The lowest BCUT2D eigenvalue weighted by atomic mass is 10.1. The standard InChI is InChI=1S/C14H7F6N3O2/c1-25-13(24)12-11(22)5(3-21)4-23(12)7-2-6(14(18,19)20)8(15)10(17)9(7)16/h2,4H,22H2,1H3. The van der Waals surface area contributed by atoms with E-state index >= 15 is 0 Å². The lowest BCUT2D eigenvalue weighted by molar-refractivity contribution is -0.140. The minimum absolute atomic E-state index is 0.0409. The first kappa shape index (κ1) is 18.2. The van der Waals surface area contributed by atoms with Gasteiger partial charge in [-0.15, -0.1) is 0 Å². The van der Waals surface area contributed by atoms with Gasteiger partial charge in [0.05, 0.1) is 29.6 Å². The molecule has 2 aromatic rings. The van der Waals surface area contributed by atoms with Crippen molar-refractivity contribution < 1.29 is 35.9 Å². The van der Waals surface area contributed by atoms with Gasteiger partial charge in [0.25, 0.3) is 0 Å². The van der Waals surface area contributed by atoms with E-state index in [9.17, 15) is 31.1 Å². The quantitative estimate of drug-likeness (QED) is 0.505. The van der Waals surface area contributed by atoms with Gasteiger partial charge in [-0.3, -0.25) is 0 Å². The van der Waals surface area contributed by atoms with Crippen LogP contribution in [0.3, 0.4) is 0 Å². The van der Waals surface area contributed by atoms with Gasteiger partial charge in [-0.1, -0.05) is 0 Å². The maximum Gasteiger partial charge on any atom is 0.419 e. The van der Waals surface area contributed by atoms with E-state index in [-0.39, 0.29) is 6.07 Å². The van der Waals surface area contributed by atoms with Crippen molar-refractivity contribution in [2.75, 3.05) is 12.8 Å². The molecule has 1 heterocycles. The number of carbonyl (C=O) groups excluding carboxylic acids is 1. The summed E-state index contributed by atoms with van der Waals surface area (Å²) in [5.74, 6) is -8.06. The predicted octanol–water partition coefficient (Wildman–Crippen LogP) is 3.15. The number of hydrogen-bond acceptors (Lipinski definition) is 4. The Morgan fingerprint density at radius 2 is 1.84 bits per heavy atom. The fourth-order valence-electron chi connectivity index (χ4n) is 2.08. The maximum absolute atomic E-state index is 14.0. The third kappa shape index (κ3) is 2.86. The molecule has 132 valence electrons. The Balaban J connectivity index is 2.91. The van der Waals surface area contributed by atoms with Crippen LogP contribution in [0.4, 0.5) is 32.0 Å². The predicted molar refractivity (Wildman–Crippen MR) is 71.1 cm³/mol. The van der Waals surface area contributed by atoms with Crippen LogP contribution in [-0.2, 0) is 10.9 Å². The van der Waals surface area contributed by atoms with Gasteiger partial charge in [-0.25, -0.2) is 18.0 Å². The molecule has 0 aliphatic rings. The number of nitriles is 1. The number of ether oxygens (including phenoxy) is 1. The van der Waals surface area contributed by atoms with Crippen molar-refractivity contribution >= 4 is 11.7 Å². The highest BCUT2D eigenvalue weighted by Gasteiger charge is 2.38. The van der Waals surface area contributed by atoms with E-state index in [1.807, 2.05) is 0 Å². The Morgan fingerprint density at radius 3 is 2.32 bits per heavy atom. The molecule has 5 nitrogen and oxygen atoms in total. The summed E-state index contributed by atoms with van der Waals surface area (Å²) in [6.45, 7) is 0. The van der Waals surface area contributed by atoms with Gasteiger partial charge in [0.2, 0.25) is 0 Å². The summed E-state index contributed by atoms with van der Waals surface area (Å²) < 4.78 is 84.3. The topological polar surface area (TPSA) is 81.0 Å². The number of methoxy groups -OCH3 is 1. The van der Waals surface area contributed by atoms with E-state index in [4.69, 9.17) is 11.0 Å². The first-order valence-corrected chi connectivity index (χ1v) is 6.28. The second-order valence-electron chi connectivity index (χ2n) is 4.66. The molecule has 2 rings (SSSR count). The molecular weight excluding hydrogens is 356 g/mol. The van der Waals surface area contributed by atoms with Gasteiger partial charge in [0, 0.05) is 6.20 Å². The molecule has 0 unspecified atom stereocenters. The minimum atomic E-state index is -5.34. The lowest BCUT2D eigenvalue weighted by Crippen LogP contribution is -2.16. The van der Waals surface area contributed by atoms with Crippen LogP contribution < -0.4 is 5.73 Å². The molecule has 0 amide bonds. The van der Waals surface area contributed by atoms with Gasteiger partial charge >= 0.3 is 12.1 Å². The number of alkyl halides is 3. The summed E-state index contributed by atoms with van der Waals surface area (Å²) in [4.78, 5) is 11.8. The number of hydrogen-bond donors (Lipinski definition) is 1. The van der Waals surface area contributed by atoms with Crippen molar-refractivity contribution in [1.82, 2.24) is 4.57 Å². The fraction of sp³-hybridized carbons (Fsp3) is 0.143. The van der Waals surface area contributed by atoms with Gasteiger partial charge < -0.3 is 15.0 Å². The smallest absolute Gasteiger partial charge is 0.419 e. The summed E-state index contributed by atoms with van der Waals surface area (Å²) >= 11 is 0. The third-order valence-corrected chi connectivity index (χ3v) is 3.24. The zero-order chi connectivity index (χ0) is 19.1. The summed E-state index contributed by atoms with van der Waals surface area (Å²) in [6.07, 6.45) is -4.63. The Kier molecular flexibility index (Phi) is 4.40. The monoisotopic (exact) mass is 363 g/mol. The molecule has 0 bridgehead atoms. The van der Waals surface area contributed by atoms with Crippen LogP contribution in [0.5, 0.6) is 0 Å². The maximum atomic E-state index is 14.0. The van der Waals surface area contributed by atoms with E-state index in [1.54, 1.807) is 0 Å². The second-order valence-corrected chi connectivity index (χ2v) is 4.66. The van der Waals surface area contributed by atoms with E-state index in [0.29, 0.717) is 10.8 Å². The van der Waals surface area contributed by atoms with Crippen LogP contribution in [0, 0.1) is 28.8 Å². The summed E-state index contributed by atoms with van der Waals surface area (Å²) in [6, 6.07) is 1.49. The first-order valence-electron chi connectivity index (χ1n) is 6.28. The first-order chi connectivity index (χ1) is 11.5. The van der Waals surface area contributed by atoms with Crippen LogP contribution in [0.1, 0.15) is 21.6 Å². The molecular formula is C14H7F6N3O2. The van der Waals surface area contributed by atoms with Crippen molar-refractivity contribution in [2.24, 2.45) is 0 Å². The number of nitrogens with two attached hydrogens (primary N) is 1. The molecule has 0 fully saturated rings. The molecule has 0 aliphatic carbocycles. The Labute approximate surface area is 135 Å². The number of halogens is 6. The van der Waals surface area contributed by atoms with Crippen molar-refractivity contribution in [3.63, 3.8) is 0 Å². The highest BCUT2D eigenvalue weighted by Crippen LogP contribution is 2.36. The Hall–Kier alpha value is -3.16. The molecule has 2 N–H and O–H groups in total. The number of rotatable bonds is 2. The average molecular weight is 363 g/mol. The average Bonchev–Trinajstić information content (AvgIpc) is 2.87. The highest BCUT2D eigenvalue weighted by molar-refractivity contribution is 5.96. The number of nitrogen functional groups attached to an aromatic ring is 1. The van der Waals surface area contributed by atoms with Crippen molar-refractivity contribution in [1.29, 1.82) is 5.26 Å². The SMILES string of the molecule is COC(=O)c1c(N)c(C#N)cn1-c1cc(C(F)(F)F)c(F)c(F)c1F. The van der Waals surface area contributed by atoms with Gasteiger partial charge in [0.1, 0.15) is 6.07 Å². The van der Waals surface area contributed by atoms with Crippen molar-refractivity contribution in [3.05, 3.63) is 46.5 Å². The molecule has 0 saturated heterocycles. The normalized spacial score (nSPS) is 11.3. The van der Waals surface area contributed by atoms with Crippen LogP contribution in [0.2, 0.25) is 0 Å². The minimum Gasteiger partial charge on any atom is -0.464 e. The fourth-order valence-corrected chi connectivity index (χ4v) is 2.08. The largest absolute Gasteiger partial charge is 0.464 e. The molecule has 1 aromatic heterocycles. The number of anilines is 1. The molecule has 0 aliphatic heterocycles. The molecule has 0 saturated carbocycles. The van der Waals surface area contributed by atoms with Crippen molar-refractivity contribution in [3.8, 4) is 11.8 Å². The summed E-state index contributed by atoms with van der Waals surface area (Å²) in [7, 11) is 0.897. The molecule has 0 spiro atoms. The number of esters is 1. The van der Waals surface area contributed by atoms with Crippen LogP contribution in [0.15, 0.2) is 12.3 Å². The molecule has 0 radical (unpaired) electrons. The summed E-state index contributed by atoms with van der Waals surface area (Å²) in [5.41, 5.74) is 0.616. The van der Waals surface area contributed by atoms with Crippen LogP contribution in [-0.4, -0.2) is 17.6 Å². The zero-order valence-electron chi connectivity index (χ0n) is 12.2. The highest BCUT2D eigenvalue weighted by atomic mass is 19.4. The van der Waals surface area contributed by atoms with E-state index < -0.39 is 57.8 Å². The van der Waals surface area contributed by atoms with Gasteiger partial charge in [-0.2, -0.15) is 18.4 Å². The van der Waals surface area contributed by atoms with Gasteiger partial charge in [-0.05, 0) is 6.07 Å². The van der Waals surface area contributed by atoms with E-state index in [0.717, 1.165) is 7.11 Å². The van der Waals surface area contributed by atoms with Gasteiger partial charge in [0.15, 0.2) is 23.1 Å². The molecule has 11 heteroatoms. The lowest BCUT2D eigenvalue weighted by Gasteiger charge is -2.14. The number of aromatic nitrogens is 1. The zero-order valence-corrected chi connectivity index (χ0v) is 12.2. The number of carbonyl (C=O) groups is 1. The molecule has 0 atom stereocenters. The molecule has 1 aromatic carbocycles. The summed E-state index contributed by atoms with van der Waals surface area (Å²) in [5, 5.41) is 8.91. The van der Waals surface area contributed by atoms with Crippen LogP contribution in [0.25, 0.3) is 5.69 Å². The second kappa shape index (κ2) is 6.04. The number of nitrogens with zero attached hydrogens (tertiary/aromatic N) is 2.